The lowest BCUT2D eigenvalue weighted by Gasteiger charge is -2.36. The van der Waals surface area contributed by atoms with Gasteiger partial charge in [-0.2, -0.15) is 0 Å². The molecule has 116 valence electrons. The van der Waals surface area contributed by atoms with Crippen molar-refractivity contribution in [2.45, 2.75) is 32.4 Å². The molecule has 2 unspecified atom stereocenters. The minimum atomic E-state index is -0.699. The summed E-state index contributed by atoms with van der Waals surface area (Å²) in [6.45, 7) is 3.45. The highest BCUT2D eigenvalue weighted by Crippen LogP contribution is 2.27. The lowest BCUT2D eigenvalue weighted by molar-refractivity contribution is -0.144. The van der Waals surface area contributed by atoms with Crippen LogP contribution in [0.15, 0.2) is 18.2 Å². The molecule has 0 bridgehead atoms. The Bertz CT molecular complexity index is 481. The first-order chi connectivity index (χ1) is 10.0. The molecule has 1 aromatic rings. The van der Waals surface area contributed by atoms with E-state index in [1.807, 2.05) is 18.2 Å². The topological polar surface area (TPSA) is 59.0 Å². The Morgan fingerprint density at radius 3 is 2.38 bits per heavy atom. The Labute approximate surface area is 125 Å². The SMILES string of the molecule is COc1cc(CN2CC(C(=O)O)CCC2C)cc(OC)c1. The van der Waals surface area contributed by atoms with Crippen molar-refractivity contribution in [3.8, 4) is 11.5 Å². The van der Waals surface area contributed by atoms with E-state index in [1.165, 1.54) is 0 Å². The molecule has 0 radical (unpaired) electrons. The van der Waals surface area contributed by atoms with Crippen LogP contribution in [-0.4, -0.2) is 42.8 Å². The van der Waals surface area contributed by atoms with Crippen LogP contribution in [0.5, 0.6) is 11.5 Å². The minimum absolute atomic E-state index is 0.270. The molecule has 1 aromatic carbocycles. The van der Waals surface area contributed by atoms with Gasteiger partial charge >= 0.3 is 5.97 Å². The van der Waals surface area contributed by atoms with Gasteiger partial charge in [-0.3, -0.25) is 9.69 Å². The summed E-state index contributed by atoms with van der Waals surface area (Å²) in [6.07, 6.45) is 1.67. The van der Waals surface area contributed by atoms with Crippen molar-refractivity contribution >= 4 is 5.97 Å². The maximum atomic E-state index is 11.2. The van der Waals surface area contributed by atoms with E-state index in [1.54, 1.807) is 14.2 Å². The lowest BCUT2D eigenvalue weighted by atomic mass is 9.93. The molecule has 1 N–H and O–H groups in total. The van der Waals surface area contributed by atoms with E-state index in [-0.39, 0.29) is 5.92 Å². The molecule has 21 heavy (non-hydrogen) atoms. The number of methoxy groups -OCH3 is 2. The predicted molar refractivity (Wildman–Crippen MR) is 79.8 cm³/mol. The first-order valence-corrected chi connectivity index (χ1v) is 7.22. The van der Waals surface area contributed by atoms with Gasteiger partial charge in [0.1, 0.15) is 11.5 Å². The Hall–Kier alpha value is -1.75. The third-order valence-corrected chi connectivity index (χ3v) is 4.16. The van der Waals surface area contributed by atoms with Crippen LogP contribution < -0.4 is 9.47 Å². The Balaban J connectivity index is 2.13. The summed E-state index contributed by atoms with van der Waals surface area (Å²) in [7, 11) is 3.26. The van der Waals surface area contributed by atoms with Crippen molar-refractivity contribution < 1.29 is 19.4 Å². The van der Waals surface area contributed by atoms with Crippen LogP contribution in [0.25, 0.3) is 0 Å². The zero-order valence-electron chi connectivity index (χ0n) is 12.8. The number of aliphatic carboxylic acids is 1. The third kappa shape index (κ3) is 3.88. The molecule has 1 saturated heterocycles. The van der Waals surface area contributed by atoms with Gasteiger partial charge in [0.15, 0.2) is 0 Å². The zero-order valence-corrected chi connectivity index (χ0v) is 12.8. The van der Waals surface area contributed by atoms with Gasteiger partial charge in [-0.25, -0.2) is 0 Å². The van der Waals surface area contributed by atoms with Crippen molar-refractivity contribution in [2.24, 2.45) is 5.92 Å². The number of benzene rings is 1. The smallest absolute Gasteiger partial charge is 0.307 e. The van der Waals surface area contributed by atoms with Gasteiger partial charge in [-0.1, -0.05) is 0 Å². The van der Waals surface area contributed by atoms with Crippen LogP contribution in [0.1, 0.15) is 25.3 Å². The van der Waals surface area contributed by atoms with E-state index in [0.717, 1.165) is 29.9 Å². The van der Waals surface area contributed by atoms with E-state index in [2.05, 4.69) is 11.8 Å². The summed E-state index contributed by atoms with van der Waals surface area (Å²) >= 11 is 0. The van der Waals surface area contributed by atoms with E-state index in [0.29, 0.717) is 19.1 Å². The largest absolute Gasteiger partial charge is 0.497 e. The van der Waals surface area contributed by atoms with Gasteiger partial charge in [0, 0.05) is 25.2 Å². The molecule has 0 amide bonds. The van der Waals surface area contributed by atoms with Crippen LogP contribution in [-0.2, 0) is 11.3 Å². The highest BCUT2D eigenvalue weighted by Gasteiger charge is 2.29. The minimum Gasteiger partial charge on any atom is -0.497 e. The molecule has 2 atom stereocenters. The second-order valence-electron chi connectivity index (χ2n) is 5.61. The van der Waals surface area contributed by atoms with Crippen molar-refractivity contribution in [3.63, 3.8) is 0 Å². The Morgan fingerprint density at radius 1 is 1.24 bits per heavy atom. The molecule has 1 heterocycles. The van der Waals surface area contributed by atoms with Crippen molar-refractivity contribution in [3.05, 3.63) is 23.8 Å². The number of carboxylic acid groups (broad SMARTS) is 1. The molecule has 0 aromatic heterocycles. The summed E-state index contributed by atoms with van der Waals surface area (Å²) in [4.78, 5) is 13.4. The van der Waals surface area contributed by atoms with Crippen LogP contribution in [0.4, 0.5) is 0 Å². The molecular formula is C16H23NO4. The van der Waals surface area contributed by atoms with Crippen LogP contribution in [0.2, 0.25) is 0 Å². The lowest BCUT2D eigenvalue weighted by Crippen LogP contribution is -2.43. The highest BCUT2D eigenvalue weighted by atomic mass is 16.5. The summed E-state index contributed by atoms with van der Waals surface area (Å²) in [5.74, 6) is 0.538. The average Bonchev–Trinajstić information content (AvgIpc) is 2.48. The zero-order chi connectivity index (χ0) is 15.4. The molecule has 5 nitrogen and oxygen atoms in total. The predicted octanol–water partition coefficient (Wildman–Crippen LogP) is 2.39. The fraction of sp³-hybridized carbons (Fsp3) is 0.562. The maximum Gasteiger partial charge on any atom is 0.307 e. The first-order valence-electron chi connectivity index (χ1n) is 7.22. The quantitative estimate of drug-likeness (QED) is 0.903. The Kier molecular flexibility index (Phi) is 5.07. The molecule has 0 aliphatic carbocycles. The third-order valence-electron chi connectivity index (χ3n) is 4.16. The fourth-order valence-electron chi connectivity index (χ4n) is 2.79. The summed E-state index contributed by atoms with van der Waals surface area (Å²) < 4.78 is 10.6. The molecule has 0 spiro atoms. The van der Waals surface area contributed by atoms with Gasteiger partial charge in [-0.05, 0) is 37.5 Å². The van der Waals surface area contributed by atoms with Gasteiger partial charge in [0.05, 0.1) is 20.1 Å². The standard InChI is InChI=1S/C16H23NO4/c1-11-4-5-13(16(18)19)10-17(11)9-12-6-14(20-2)8-15(7-12)21-3/h6-8,11,13H,4-5,9-10H2,1-3H3,(H,18,19). The summed E-state index contributed by atoms with van der Waals surface area (Å²) in [5.41, 5.74) is 1.07. The number of hydrogen-bond donors (Lipinski definition) is 1. The van der Waals surface area contributed by atoms with E-state index >= 15 is 0 Å². The number of carbonyl (C=O) groups is 1. The van der Waals surface area contributed by atoms with Crippen molar-refractivity contribution in [1.29, 1.82) is 0 Å². The monoisotopic (exact) mass is 293 g/mol. The number of ether oxygens (including phenoxy) is 2. The second kappa shape index (κ2) is 6.80. The summed E-state index contributed by atoms with van der Waals surface area (Å²) in [6, 6.07) is 6.17. The Morgan fingerprint density at radius 2 is 1.86 bits per heavy atom. The maximum absolute atomic E-state index is 11.2. The average molecular weight is 293 g/mol. The van der Waals surface area contributed by atoms with Gasteiger partial charge in [-0.15, -0.1) is 0 Å². The van der Waals surface area contributed by atoms with Crippen molar-refractivity contribution in [1.82, 2.24) is 4.90 Å². The second-order valence-corrected chi connectivity index (χ2v) is 5.61. The van der Waals surface area contributed by atoms with E-state index in [9.17, 15) is 9.90 Å². The molecule has 1 fully saturated rings. The molecule has 1 aliphatic rings. The van der Waals surface area contributed by atoms with Crippen LogP contribution in [0.3, 0.4) is 0 Å². The van der Waals surface area contributed by atoms with Crippen LogP contribution >= 0.6 is 0 Å². The van der Waals surface area contributed by atoms with E-state index in [4.69, 9.17) is 9.47 Å². The number of piperidine rings is 1. The molecule has 5 heteroatoms. The van der Waals surface area contributed by atoms with Gasteiger partial charge in [0.2, 0.25) is 0 Å². The molecular weight excluding hydrogens is 270 g/mol. The van der Waals surface area contributed by atoms with Gasteiger partial charge in [0.25, 0.3) is 0 Å². The highest BCUT2D eigenvalue weighted by molar-refractivity contribution is 5.70. The molecule has 2 rings (SSSR count). The summed E-state index contributed by atoms with van der Waals surface area (Å²) in [5, 5.41) is 9.21. The number of carboxylic acids is 1. The normalized spacial score (nSPS) is 22.8. The number of nitrogens with zero attached hydrogens (tertiary/aromatic N) is 1. The van der Waals surface area contributed by atoms with Gasteiger partial charge < -0.3 is 14.6 Å². The molecule has 1 aliphatic heterocycles. The van der Waals surface area contributed by atoms with E-state index < -0.39 is 5.97 Å². The first kappa shape index (κ1) is 15.6. The number of hydrogen-bond acceptors (Lipinski definition) is 4. The van der Waals surface area contributed by atoms with Crippen LogP contribution in [0, 0.1) is 5.92 Å². The number of rotatable bonds is 5. The fourth-order valence-corrected chi connectivity index (χ4v) is 2.79. The number of likely N-dealkylation sites (tertiary alicyclic amines) is 1. The molecule has 0 saturated carbocycles. The van der Waals surface area contributed by atoms with Crippen molar-refractivity contribution in [2.75, 3.05) is 20.8 Å².